The summed E-state index contributed by atoms with van der Waals surface area (Å²) in [4.78, 5) is 42.7. The minimum atomic E-state index is -3.71. The Balaban J connectivity index is 1.21. The highest BCUT2D eigenvalue weighted by Crippen LogP contribution is 2.27. The second-order valence-electron chi connectivity index (χ2n) is 10.4. The molecule has 41 heavy (non-hydrogen) atoms. The summed E-state index contributed by atoms with van der Waals surface area (Å²) in [5.74, 6) is -0.986. The van der Waals surface area contributed by atoms with Crippen LogP contribution in [-0.2, 0) is 42.0 Å². The van der Waals surface area contributed by atoms with Gasteiger partial charge in [-0.2, -0.15) is 4.31 Å². The Hall–Kier alpha value is -3.51. The summed E-state index contributed by atoms with van der Waals surface area (Å²) in [7, 11) is -3.71. The fourth-order valence-corrected chi connectivity index (χ4v) is 6.67. The van der Waals surface area contributed by atoms with Crippen molar-refractivity contribution in [2.75, 3.05) is 38.1 Å². The molecule has 0 saturated carbocycles. The third-order valence-corrected chi connectivity index (χ3v) is 9.35. The minimum absolute atomic E-state index is 0.0134. The molecule has 0 spiro atoms. The van der Waals surface area contributed by atoms with Gasteiger partial charge in [-0.1, -0.05) is 24.3 Å². The van der Waals surface area contributed by atoms with Gasteiger partial charge in [0.1, 0.15) is 11.9 Å². The number of anilines is 1. The second-order valence-corrected chi connectivity index (χ2v) is 12.4. The van der Waals surface area contributed by atoms with Gasteiger partial charge in [-0.05, 0) is 69.2 Å². The van der Waals surface area contributed by atoms with Gasteiger partial charge < -0.3 is 20.7 Å². The van der Waals surface area contributed by atoms with E-state index in [4.69, 9.17) is 4.74 Å². The Morgan fingerprint density at radius 1 is 1.15 bits per heavy atom. The first-order valence-electron chi connectivity index (χ1n) is 14.2. The zero-order valence-electron chi connectivity index (χ0n) is 23.6. The number of ether oxygens (including phenoxy) is 1. The fourth-order valence-electron chi connectivity index (χ4n) is 4.91. The summed E-state index contributed by atoms with van der Waals surface area (Å²) in [6.07, 6.45) is 4.64. The molecule has 3 N–H and O–H groups in total. The van der Waals surface area contributed by atoms with Crippen LogP contribution in [0, 0.1) is 12.8 Å². The van der Waals surface area contributed by atoms with E-state index < -0.39 is 33.9 Å². The highest BCUT2D eigenvalue weighted by molar-refractivity contribution is 7.89. The standard InChI is InChI=1S/C29H39N5O6S/c1-3-40-29(37)24(33-28(36)22-18-34(19-22)41(38,39)25-12-6-4-9-20(25)2)17-31-26(35)13-7-5-11-23-15-14-21-10-8-16-30-27(21)32-23/h4,6,9,12,14-15,22,24H,3,5,7-8,10-11,13,16-19H2,1-2H3,(H,30,32)(H,31,35)(H,33,36). The van der Waals surface area contributed by atoms with Crippen molar-refractivity contribution in [3.63, 3.8) is 0 Å². The van der Waals surface area contributed by atoms with E-state index in [1.54, 1.807) is 38.1 Å². The number of pyridine rings is 1. The molecule has 12 heteroatoms. The zero-order chi connectivity index (χ0) is 29.4. The first-order valence-corrected chi connectivity index (χ1v) is 15.6. The maximum atomic E-state index is 12.9. The molecule has 2 aliphatic heterocycles. The molecule has 1 fully saturated rings. The van der Waals surface area contributed by atoms with Crippen molar-refractivity contribution in [1.82, 2.24) is 19.9 Å². The van der Waals surface area contributed by atoms with Crippen LogP contribution >= 0.6 is 0 Å². The first-order chi connectivity index (χ1) is 19.7. The number of esters is 1. The van der Waals surface area contributed by atoms with Gasteiger partial charge in [-0.15, -0.1) is 0 Å². The largest absolute Gasteiger partial charge is 0.464 e. The van der Waals surface area contributed by atoms with Crippen molar-refractivity contribution in [3.05, 3.63) is 53.2 Å². The van der Waals surface area contributed by atoms with Crippen molar-refractivity contribution in [2.45, 2.75) is 63.3 Å². The molecular weight excluding hydrogens is 546 g/mol. The van der Waals surface area contributed by atoms with E-state index in [1.807, 2.05) is 6.07 Å². The van der Waals surface area contributed by atoms with Crippen molar-refractivity contribution in [2.24, 2.45) is 5.92 Å². The van der Waals surface area contributed by atoms with E-state index in [2.05, 4.69) is 27.0 Å². The van der Waals surface area contributed by atoms with Gasteiger partial charge in [-0.25, -0.2) is 18.2 Å². The second kappa shape index (κ2) is 13.9. The number of fused-ring (bicyclic) bond motifs is 1. The maximum absolute atomic E-state index is 12.9. The molecule has 222 valence electrons. The Kier molecular flexibility index (Phi) is 10.3. The predicted molar refractivity (Wildman–Crippen MR) is 154 cm³/mol. The Labute approximate surface area is 241 Å². The Bertz CT molecular complexity index is 1360. The van der Waals surface area contributed by atoms with Crippen LogP contribution in [0.25, 0.3) is 0 Å². The zero-order valence-corrected chi connectivity index (χ0v) is 24.5. The number of nitrogens with one attached hydrogen (secondary N) is 3. The highest BCUT2D eigenvalue weighted by atomic mass is 32.2. The lowest BCUT2D eigenvalue weighted by Gasteiger charge is -2.37. The number of amides is 2. The average Bonchev–Trinajstić information content (AvgIpc) is 2.92. The van der Waals surface area contributed by atoms with E-state index in [9.17, 15) is 22.8 Å². The van der Waals surface area contributed by atoms with Crippen LogP contribution in [0.2, 0.25) is 0 Å². The van der Waals surface area contributed by atoms with Crippen LogP contribution in [0.15, 0.2) is 41.3 Å². The number of benzene rings is 1. The Morgan fingerprint density at radius 3 is 2.68 bits per heavy atom. The molecule has 11 nitrogen and oxygen atoms in total. The molecule has 1 unspecified atom stereocenters. The van der Waals surface area contributed by atoms with Gasteiger partial charge in [0.05, 0.1) is 17.4 Å². The molecular formula is C29H39N5O6S. The first kappa shape index (κ1) is 30.4. The quantitative estimate of drug-likeness (QED) is 0.239. The summed E-state index contributed by atoms with van der Waals surface area (Å²) in [5.41, 5.74) is 2.86. The van der Waals surface area contributed by atoms with Gasteiger partial charge >= 0.3 is 5.97 Å². The number of rotatable bonds is 13. The van der Waals surface area contributed by atoms with Crippen LogP contribution in [0.3, 0.4) is 0 Å². The number of hydrogen-bond acceptors (Lipinski definition) is 8. The molecule has 3 heterocycles. The molecule has 4 rings (SSSR count). The lowest BCUT2D eigenvalue weighted by molar-refractivity contribution is -0.148. The summed E-state index contributed by atoms with van der Waals surface area (Å²) in [6, 6.07) is 9.77. The van der Waals surface area contributed by atoms with Gasteiger partial charge in [-0.3, -0.25) is 9.59 Å². The van der Waals surface area contributed by atoms with Gasteiger partial charge in [0.2, 0.25) is 21.8 Å². The Morgan fingerprint density at radius 2 is 1.93 bits per heavy atom. The maximum Gasteiger partial charge on any atom is 0.330 e. The van der Waals surface area contributed by atoms with E-state index in [-0.39, 0.29) is 43.5 Å². The van der Waals surface area contributed by atoms with Crippen LogP contribution in [-0.4, -0.2) is 74.3 Å². The predicted octanol–water partition coefficient (Wildman–Crippen LogP) is 1.95. The van der Waals surface area contributed by atoms with E-state index >= 15 is 0 Å². The number of aromatic nitrogens is 1. The van der Waals surface area contributed by atoms with Crippen molar-refractivity contribution in [1.29, 1.82) is 0 Å². The third-order valence-electron chi connectivity index (χ3n) is 7.36. The summed E-state index contributed by atoms with van der Waals surface area (Å²) < 4.78 is 32.1. The van der Waals surface area contributed by atoms with Crippen LogP contribution in [0.4, 0.5) is 5.82 Å². The highest BCUT2D eigenvalue weighted by Gasteiger charge is 2.41. The number of nitrogens with zero attached hydrogens (tertiary/aromatic N) is 2. The smallest absolute Gasteiger partial charge is 0.330 e. The van der Waals surface area contributed by atoms with Crippen LogP contribution in [0.5, 0.6) is 0 Å². The van der Waals surface area contributed by atoms with Gasteiger partial charge in [0.25, 0.3) is 0 Å². The number of sulfonamides is 1. The molecule has 0 radical (unpaired) electrons. The lowest BCUT2D eigenvalue weighted by atomic mass is 10.0. The minimum Gasteiger partial charge on any atom is -0.464 e. The molecule has 0 bridgehead atoms. The molecule has 1 saturated heterocycles. The lowest BCUT2D eigenvalue weighted by Crippen LogP contribution is -2.59. The van der Waals surface area contributed by atoms with Crippen LogP contribution in [0.1, 0.15) is 49.4 Å². The van der Waals surface area contributed by atoms with Crippen molar-refractivity contribution >= 4 is 33.6 Å². The molecule has 2 amide bonds. The van der Waals surface area contributed by atoms with E-state index in [0.717, 1.165) is 43.7 Å². The third kappa shape index (κ3) is 7.82. The van der Waals surface area contributed by atoms with Crippen molar-refractivity contribution in [3.8, 4) is 0 Å². The van der Waals surface area contributed by atoms with Crippen LogP contribution < -0.4 is 16.0 Å². The summed E-state index contributed by atoms with van der Waals surface area (Å²) in [5, 5.41) is 8.68. The van der Waals surface area contributed by atoms with Gasteiger partial charge in [0.15, 0.2) is 0 Å². The topological polar surface area (TPSA) is 147 Å². The summed E-state index contributed by atoms with van der Waals surface area (Å²) in [6.45, 7) is 4.35. The number of carbonyl (C=O) groups excluding carboxylic acids is 3. The molecule has 0 aliphatic carbocycles. The molecule has 1 aromatic heterocycles. The van der Waals surface area contributed by atoms with E-state index in [0.29, 0.717) is 12.0 Å². The SMILES string of the molecule is CCOC(=O)C(CNC(=O)CCCCc1ccc2c(n1)NCCC2)NC(=O)C1CN(S(=O)(=O)c2ccccc2C)C1. The summed E-state index contributed by atoms with van der Waals surface area (Å²) >= 11 is 0. The number of hydrogen-bond donors (Lipinski definition) is 3. The molecule has 1 aromatic carbocycles. The number of unbranched alkanes of at least 4 members (excludes halogenated alkanes) is 1. The van der Waals surface area contributed by atoms with E-state index in [1.165, 1.54) is 9.87 Å². The normalized spacial score (nSPS) is 16.0. The number of aryl methyl sites for hydroxylation is 3. The van der Waals surface area contributed by atoms with Crippen molar-refractivity contribution < 1.29 is 27.5 Å². The molecule has 1 atom stereocenters. The molecule has 2 aromatic rings. The molecule has 2 aliphatic rings. The average molecular weight is 586 g/mol. The van der Waals surface area contributed by atoms with Gasteiger partial charge in [0, 0.05) is 38.3 Å². The number of carbonyl (C=O) groups is 3. The monoisotopic (exact) mass is 585 g/mol. The fraction of sp³-hybridized carbons (Fsp3) is 0.517.